The Labute approximate surface area is 228 Å². The molecule has 5 rings (SSSR count). The standard InChI is InChI=1S/C28H39N5O4S/c1-20-17-21-5-2-9-29-25(21)26(27(20)37-16-3-6-24(35)36)32-11-4-10-31(14-15-32)18-22-19-38-28(30-22)33-12-7-23(34)8-13-33/h2,5,9,17,19,23,28,30,34H,3-4,6-8,10-16,18H2,1H3,(H,35,36). The molecule has 0 amide bonds. The predicted octanol–water partition coefficient (Wildman–Crippen LogP) is 3.22. The summed E-state index contributed by atoms with van der Waals surface area (Å²) in [7, 11) is 0. The molecule has 2 fully saturated rings. The highest BCUT2D eigenvalue weighted by Gasteiger charge is 2.29. The molecule has 1 atom stereocenters. The number of aliphatic hydroxyl groups is 1. The quantitative estimate of drug-likeness (QED) is 0.410. The summed E-state index contributed by atoms with van der Waals surface area (Å²) in [5.74, 6) is 0.0192. The van der Waals surface area contributed by atoms with Gasteiger partial charge in [0.25, 0.3) is 0 Å². The van der Waals surface area contributed by atoms with Gasteiger partial charge in [0.15, 0.2) is 0 Å². The monoisotopic (exact) mass is 541 g/mol. The summed E-state index contributed by atoms with van der Waals surface area (Å²) in [6.45, 7) is 8.94. The normalized spacial score (nSPS) is 21.8. The lowest BCUT2D eigenvalue weighted by Gasteiger charge is -2.34. The SMILES string of the molecule is Cc1cc2cccnc2c(N2CCCN(CC3=CSC(N4CCC(O)CC4)N3)CC2)c1OCCCC(=O)O. The summed E-state index contributed by atoms with van der Waals surface area (Å²) in [6.07, 6.45) is 4.99. The smallest absolute Gasteiger partial charge is 0.303 e. The Hall–Kier alpha value is -2.53. The number of carbonyl (C=O) groups is 1. The molecule has 2 aromatic rings. The Kier molecular flexibility index (Phi) is 8.93. The Balaban J connectivity index is 1.24. The zero-order chi connectivity index (χ0) is 26.5. The van der Waals surface area contributed by atoms with Crippen LogP contribution in [0.3, 0.4) is 0 Å². The predicted molar refractivity (Wildman–Crippen MR) is 152 cm³/mol. The third kappa shape index (κ3) is 6.54. The first-order valence-electron chi connectivity index (χ1n) is 13.7. The van der Waals surface area contributed by atoms with Crippen LogP contribution in [-0.4, -0.2) is 95.0 Å². The number of thioether (sulfide) groups is 1. The minimum atomic E-state index is -0.801. The fourth-order valence-electron chi connectivity index (χ4n) is 5.55. The average Bonchev–Trinajstić information content (AvgIpc) is 3.25. The van der Waals surface area contributed by atoms with Gasteiger partial charge in [-0.15, -0.1) is 0 Å². The van der Waals surface area contributed by atoms with Gasteiger partial charge in [-0.1, -0.05) is 17.8 Å². The number of carboxylic acid groups (broad SMARTS) is 1. The third-order valence-corrected chi connectivity index (χ3v) is 8.66. The van der Waals surface area contributed by atoms with Gasteiger partial charge in [-0.3, -0.25) is 19.6 Å². The molecule has 3 N–H and O–H groups in total. The Bertz CT molecular complexity index is 1150. The maximum Gasteiger partial charge on any atom is 0.303 e. The number of anilines is 1. The lowest BCUT2D eigenvalue weighted by molar-refractivity contribution is -0.137. The Morgan fingerprint density at radius 3 is 2.87 bits per heavy atom. The van der Waals surface area contributed by atoms with Gasteiger partial charge in [0, 0.05) is 69.5 Å². The number of aromatic nitrogens is 1. The van der Waals surface area contributed by atoms with Gasteiger partial charge in [0.1, 0.15) is 16.9 Å². The number of aliphatic hydroxyl groups excluding tert-OH is 1. The molecule has 10 heteroatoms. The van der Waals surface area contributed by atoms with Gasteiger partial charge >= 0.3 is 5.97 Å². The van der Waals surface area contributed by atoms with Crippen LogP contribution in [0, 0.1) is 6.92 Å². The molecule has 0 radical (unpaired) electrons. The number of carboxylic acids is 1. The largest absolute Gasteiger partial charge is 0.491 e. The van der Waals surface area contributed by atoms with Crippen LogP contribution >= 0.6 is 11.8 Å². The van der Waals surface area contributed by atoms with Crippen molar-refractivity contribution >= 4 is 34.3 Å². The third-order valence-electron chi connectivity index (χ3n) is 7.57. The van der Waals surface area contributed by atoms with Crippen LogP contribution < -0.4 is 15.0 Å². The molecule has 0 aliphatic carbocycles. The molecule has 9 nitrogen and oxygen atoms in total. The van der Waals surface area contributed by atoms with Crippen LogP contribution in [0.2, 0.25) is 0 Å². The van der Waals surface area contributed by atoms with Crippen LogP contribution in [0.15, 0.2) is 35.5 Å². The number of benzene rings is 1. The van der Waals surface area contributed by atoms with Crippen molar-refractivity contribution in [3.8, 4) is 5.75 Å². The number of hydrogen-bond donors (Lipinski definition) is 3. The van der Waals surface area contributed by atoms with E-state index in [0.29, 0.717) is 13.0 Å². The molecular formula is C28H39N5O4S. The number of aliphatic carboxylic acids is 1. The van der Waals surface area contributed by atoms with Crippen LogP contribution in [0.1, 0.15) is 37.7 Å². The van der Waals surface area contributed by atoms with Gasteiger partial charge in [-0.05, 0) is 55.7 Å². The number of hydrogen-bond acceptors (Lipinski definition) is 9. The summed E-state index contributed by atoms with van der Waals surface area (Å²) < 4.78 is 6.23. The fourth-order valence-corrected chi connectivity index (χ4v) is 6.58. The van der Waals surface area contributed by atoms with E-state index in [1.807, 2.05) is 24.0 Å². The summed E-state index contributed by atoms with van der Waals surface area (Å²) in [5, 5.41) is 25.9. The second kappa shape index (κ2) is 12.5. The van der Waals surface area contributed by atoms with Crippen LogP contribution in [-0.2, 0) is 4.79 Å². The van der Waals surface area contributed by atoms with Crippen LogP contribution in [0.25, 0.3) is 10.9 Å². The molecule has 3 aliphatic heterocycles. The van der Waals surface area contributed by atoms with Crippen molar-refractivity contribution in [3.05, 3.63) is 41.1 Å². The van der Waals surface area contributed by atoms with E-state index < -0.39 is 5.97 Å². The van der Waals surface area contributed by atoms with Crippen molar-refractivity contribution in [2.75, 3.05) is 57.3 Å². The number of likely N-dealkylation sites (tertiary alicyclic amines) is 1. The topological polar surface area (TPSA) is 101 Å². The number of nitrogens with zero attached hydrogens (tertiary/aromatic N) is 4. The van der Waals surface area contributed by atoms with E-state index in [9.17, 15) is 9.90 Å². The van der Waals surface area contributed by atoms with E-state index in [0.717, 1.165) is 93.0 Å². The minimum absolute atomic E-state index is 0.0988. The van der Waals surface area contributed by atoms with E-state index in [-0.39, 0.29) is 18.0 Å². The lowest BCUT2D eigenvalue weighted by Crippen LogP contribution is -2.47. The second-order valence-electron chi connectivity index (χ2n) is 10.5. The number of fused-ring (bicyclic) bond motifs is 1. The van der Waals surface area contributed by atoms with E-state index in [1.165, 1.54) is 5.70 Å². The Morgan fingerprint density at radius 2 is 2.05 bits per heavy atom. The summed E-state index contributed by atoms with van der Waals surface area (Å²) in [6, 6.07) is 6.16. The molecule has 0 spiro atoms. The van der Waals surface area contributed by atoms with E-state index in [2.05, 4.69) is 44.5 Å². The van der Waals surface area contributed by atoms with Gasteiger partial charge in [0.05, 0.1) is 18.2 Å². The fraction of sp³-hybridized carbons (Fsp3) is 0.571. The van der Waals surface area contributed by atoms with Crippen LogP contribution in [0.5, 0.6) is 5.75 Å². The second-order valence-corrected chi connectivity index (χ2v) is 11.4. The summed E-state index contributed by atoms with van der Waals surface area (Å²) in [4.78, 5) is 23.1. The highest BCUT2D eigenvalue weighted by Crippen LogP contribution is 2.39. The molecule has 2 saturated heterocycles. The van der Waals surface area contributed by atoms with Gasteiger partial charge in [0.2, 0.25) is 0 Å². The maximum atomic E-state index is 11.0. The number of pyridine rings is 1. The molecular weight excluding hydrogens is 502 g/mol. The number of ether oxygens (including phenoxy) is 1. The highest BCUT2D eigenvalue weighted by atomic mass is 32.2. The minimum Gasteiger partial charge on any atom is -0.491 e. The van der Waals surface area contributed by atoms with Gasteiger partial charge in [-0.2, -0.15) is 0 Å². The number of aryl methyl sites for hydroxylation is 1. The molecule has 206 valence electrons. The first kappa shape index (κ1) is 27.1. The molecule has 0 bridgehead atoms. The molecule has 0 saturated carbocycles. The van der Waals surface area contributed by atoms with Crippen molar-refractivity contribution in [1.29, 1.82) is 0 Å². The van der Waals surface area contributed by atoms with Crippen molar-refractivity contribution < 1.29 is 19.7 Å². The van der Waals surface area contributed by atoms with E-state index in [4.69, 9.17) is 14.8 Å². The molecule has 4 heterocycles. The zero-order valence-electron chi connectivity index (χ0n) is 22.1. The maximum absolute atomic E-state index is 11.0. The number of piperidine rings is 1. The molecule has 3 aliphatic rings. The summed E-state index contributed by atoms with van der Waals surface area (Å²) >= 11 is 1.84. The van der Waals surface area contributed by atoms with E-state index in [1.54, 1.807) is 0 Å². The van der Waals surface area contributed by atoms with Gasteiger partial charge in [-0.25, -0.2) is 0 Å². The molecule has 1 aromatic heterocycles. The Morgan fingerprint density at radius 1 is 1.21 bits per heavy atom. The number of rotatable bonds is 9. The lowest BCUT2D eigenvalue weighted by atomic mass is 10.1. The zero-order valence-corrected chi connectivity index (χ0v) is 23.0. The van der Waals surface area contributed by atoms with Crippen molar-refractivity contribution in [2.24, 2.45) is 0 Å². The van der Waals surface area contributed by atoms with Crippen molar-refractivity contribution in [2.45, 2.75) is 50.6 Å². The molecule has 38 heavy (non-hydrogen) atoms. The van der Waals surface area contributed by atoms with Crippen LogP contribution in [0.4, 0.5) is 5.69 Å². The number of nitrogens with one attached hydrogen (secondary N) is 1. The molecule has 1 aromatic carbocycles. The van der Waals surface area contributed by atoms with Crippen molar-refractivity contribution in [3.63, 3.8) is 0 Å². The summed E-state index contributed by atoms with van der Waals surface area (Å²) in [5.41, 5.74) is 4.55. The highest BCUT2D eigenvalue weighted by molar-refractivity contribution is 8.02. The average molecular weight is 542 g/mol. The molecule has 1 unspecified atom stereocenters. The van der Waals surface area contributed by atoms with Gasteiger partial charge < -0.3 is 25.2 Å². The first-order valence-corrected chi connectivity index (χ1v) is 14.7. The van der Waals surface area contributed by atoms with E-state index >= 15 is 0 Å². The first-order chi connectivity index (χ1) is 18.5. The van der Waals surface area contributed by atoms with Crippen molar-refractivity contribution in [1.82, 2.24) is 20.1 Å².